The van der Waals surface area contributed by atoms with Gasteiger partial charge < -0.3 is 11.1 Å². The van der Waals surface area contributed by atoms with Crippen LogP contribution in [0.25, 0.3) is 0 Å². The molecule has 0 aromatic heterocycles. The lowest BCUT2D eigenvalue weighted by molar-refractivity contribution is -0.114. The van der Waals surface area contributed by atoms with Crippen LogP contribution in [0, 0.1) is 20.8 Å². The first-order valence-corrected chi connectivity index (χ1v) is 11.4. The third-order valence-corrected chi connectivity index (χ3v) is 6.93. The second kappa shape index (κ2) is 9.23. The predicted molar refractivity (Wildman–Crippen MR) is 125 cm³/mol. The molecule has 3 rings (SSSR count). The lowest BCUT2D eigenvalue weighted by atomic mass is 10.1. The molecule has 0 aliphatic rings. The van der Waals surface area contributed by atoms with Crippen molar-refractivity contribution in [2.45, 2.75) is 25.7 Å². The van der Waals surface area contributed by atoms with Crippen LogP contribution in [0.5, 0.6) is 0 Å². The Balaban J connectivity index is 1.99. The van der Waals surface area contributed by atoms with E-state index in [4.69, 9.17) is 5.73 Å². The molecule has 32 heavy (non-hydrogen) atoms. The van der Waals surface area contributed by atoms with Gasteiger partial charge in [0.2, 0.25) is 5.91 Å². The highest BCUT2D eigenvalue weighted by molar-refractivity contribution is 7.92. The number of carbonyl (C=O) groups is 2. The molecule has 0 saturated heterocycles. The number of nitrogens with two attached hydrogens (primary N) is 1. The van der Waals surface area contributed by atoms with E-state index in [1.807, 2.05) is 26.8 Å². The number of rotatable bonds is 7. The number of benzene rings is 3. The van der Waals surface area contributed by atoms with Crippen LogP contribution < -0.4 is 15.4 Å². The monoisotopic (exact) mass is 451 g/mol. The SMILES string of the molecule is Cc1ccc(S(=O)(=O)N(CC(=O)Nc2ccccc2C(N)=O)c2ccc(C)c(C)c2)cc1. The Morgan fingerprint density at radius 2 is 1.56 bits per heavy atom. The van der Waals surface area contributed by atoms with Gasteiger partial charge in [-0.1, -0.05) is 35.9 Å². The van der Waals surface area contributed by atoms with E-state index in [-0.39, 0.29) is 16.1 Å². The Hall–Kier alpha value is -3.65. The summed E-state index contributed by atoms with van der Waals surface area (Å²) < 4.78 is 28.0. The van der Waals surface area contributed by atoms with Crippen LogP contribution in [-0.2, 0) is 14.8 Å². The molecule has 0 bridgehead atoms. The van der Waals surface area contributed by atoms with Gasteiger partial charge in [-0.3, -0.25) is 13.9 Å². The number of amides is 2. The zero-order chi connectivity index (χ0) is 23.5. The number of nitrogens with zero attached hydrogens (tertiary/aromatic N) is 1. The standard InChI is InChI=1S/C24H25N3O4S/c1-16-8-12-20(13-9-16)32(30,31)27(19-11-10-17(2)18(3)14-19)15-23(28)26-22-7-5-4-6-21(22)24(25)29/h4-14H,15H2,1-3H3,(H2,25,29)(H,26,28). The van der Waals surface area contributed by atoms with Gasteiger partial charge in [-0.15, -0.1) is 0 Å². The fourth-order valence-electron chi connectivity index (χ4n) is 3.16. The van der Waals surface area contributed by atoms with Crippen molar-refractivity contribution in [3.8, 4) is 0 Å². The zero-order valence-corrected chi connectivity index (χ0v) is 18.9. The van der Waals surface area contributed by atoms with Crippen LogP contribution >= 0.6 is 0 Å². The summed E-state index contributed by atoms with van der Waals surface area (Å²) in [5.41, 5.74) is 8.92. The van der Waals surface area contributed by atoms with Crippen molar-refractivity contribution in [1.29, 1.82) is 0 Å². The number of para-hydroxylation sites is 1. The van der Waals surface area contributed by atoms with E-state index >= 15 is 0 Å². The second-order valence-electron chi connectivity index (χ2n) is 7.55. The van der Waals surface area contributed by atoms with E-state index in [0.717, 1.165) is 21.0 Å². The maximum atomic E-state index is 13.5. The maximum Gasteiger partial charge on any atom is 0.264 e. The van der Waals surface area contributed by atoms with Crippen LogP contribution in [0.4, 0.5) is 11.4 Å². The maximum absolute atomic E-state index is 13.5. The molecule has 8 heteroatoms. The molecule has 3 aromatic carbocycles. The quantitative estimate of drug-likeness (QED) is 0.572. The van der Waals surface area contributed by atoms with Gasteiger partial charge in [-0.05, 0) is 68.3 Å². The summed E-state index contributed by atoms with van der Waals surface area (Å²) in [5.74, 6) is -1.30. The van der Waals surface area contributed by atoms with E-state index in [1.165, 1.54) is 24.3 Å². The van der Waals surface area contributed by atoms with Crippen molar-refractivity contribution in [2.75, 3.05) is 16.2 Å². The van der Waals surface area contributed by atoms with Crippen molar-refractivity contribution in [1.82, 2.24) is 0 Å². The average Bonchev–Trinajstić information content (AvgIpc) is 2.74. The highest BCUT2D eigenvalue weighted by atomic mass is 32.2. The highest BCUT2D eigenvalue weighted by Gasteiger charge is 2.28. The molecule has 0 radical (unpaired) electrons. The molecule has 3 N–H and O–H groups in total. The molecule has 0 aliphatic carbocycles. The minimum absolute atomic E-state index is 0.0756. The first kappa shape index (κ1) is 23.0. The van der Waals surface area contributed by atoms with E-state index in [0.29, 0.717) is 5.69 Å². The van der Waals surface area contributed by atoms with Crippen LogP contribution in [0.1, 0.15) is 27.0 Å². The summed E-state index contributed by atoms with van der Waals surface area (Å²) in [5, 5.41) is 2.60. The Kier molecular flexibility index (Phi) is 6.64. The van der Waals surface area contributed by atoms with E-state index < -0.39 is 28.4 Å². The highest BCUT2D eigenvalue weighted by Crippen LogP contribution is 2.26. The number of hydrogen-bond acceptors (Lipinski definition) is 4. The van der Waals surface area contributed by atoms with Gasteiger partial charge in [0, 0.05) is 0 Å². The van der Waals surface area contributed by atoms with E-state index in [2.05, 4.69) is 5.32 Å². The van der Waals surface area contributed by atoms with Gasteiger partial charge in [0.1, 0.15) is 6.54 Å². The van der Waals surface area contributed by atoms with Crippen LogP contribution in [-0.4, -0.2) is 26.8 Å². The number of primary amides is 1. The topological polar surface area (TPSA) is 110 Å². The van der Waals surface area contributed by atoms with Crippen molar-refractivity contribution in [3.63, 3.8) is 0 Å². The van der Waals surface area contributed by atoms with Crippen LogP contribution in [0.15, 0.2) is 71.6 Å². The largest absolute Gasteiger partial charge is 0.366 e. The smallest absolute Gasteiger partial charge is 0.264 e. The number of anilines is 2. The molecule has 166 valence electrons. The number of carbonyl (C=O) groups excluding carboxylic acids is 2. The van der Waals surface area contributed by atoms with Crippen LogP contribution in [0.3, 0.4) is 0 Å². The lowest BCUT2D eigenvalue weighted by Crippen LogP contribution is -2.38. The molecule has 0 saturated carbocycles. The minimum Gasteiger partial charge on any atom is -0.366 e. The molecule has 0 spiro atoms. The molecule has 2 amide bonds. The Bertz CT molecular complexity index is 1270. The lowest BCUT2D eigenvalue weighted by Gasteiger charge is -2.25. The van der Waals surface area contributed by atoms with Crippen molar-refractivity contribution < 1.29 is 18.0 Å². The van der Waals surface area contributed by atoms with Crippen molar-refractivity contribution >= 4 is 33.2 Å². The van der Waals surface area contributed by atoms with E-state index in [9.17, 15) is 18.0 Å². The second-order valence-corrected chi connectivity index (χ2v) is 9.41. The van der Waals surface area contributed by atoms with Crippen molar-refractivity contribution in [3.05, 3.63) is 89.0 Å². The normalized spacial score (nSPS) is 11.1. The number of hydrogen-bond donors (Lipinski definition) is 2. The molecular weight excluding hydrogens is 426 g/mol. The number of aryl methyl sites for hydroxylation is 3. The molecule has 0 atom stereocenters. The summed E-state index contributed by atoms with van der Waals surface area (Å²) in [6.45, 7) is 5.18. The molecular formula is C24H25N3O4S. The van der Waals surface area contributed by atoms with Gasteiger partial charge >= 0.3 is 0 Å². The third kappa shape index (κ3) is 4.97. The molecule has 0 fully saturated rings. The van der Waals surface area contributed by atoms with Gasteiger partial charge in [0.15, 0.2) is 0 Å². The summed E-state index contributed by atoms with van der Waals surface area (Å²) in [6, 6.07) is 17.9. The minimum atomic E-state index is -4.03. The Morgan fingerprint density at radius 1 is 0.906 bits per heavy atom. The van der Waals surface area contributed by atoms with Gasteiger partial charge in [0.05, 0.1) is 21.8 Å². The predicted octanol–water partition coefficient (Wildman–Crippen LogP) is 3.54. The molecule has 0 aliphatic heterocycles. The van der Waals surface area contributed by atoms with Gasteiger partial charge in [0.25, 0.3) is 15.9 Å². The van der Waals surface area contributed by atoms with Crippen LogP contribution in [0.2, 0.25) is 0 Å². The molecule has 0 heterocycles. The first-order valence-electron chi connectivity index (χ1n) is 9.95. The Morgan fingerprint density at radius 3 is 2.19 bits per heavy atom. The summed E-state index contributed by atoms with van der Waals surface area (Å²) in [4.78, 5) is 24.6. The molecule has 3 aromatic rings. The van der Waals surface area contributed by atoms with E-state index in [1.54, 1.807) is 36.4 Å². The van der Waals surface area contributed by atoms with Crippen molar-refractivity contribution in [2.24, 2.45) is 5.73 Å². The Labute approximate surface area is 187 Å². The third-order valence-electron chi connectivity index (χ3n) is 5.14. The summed E-state index contributed by atoms with van der Waals surface area (Å²) >= 11 is 0. The summed E-state index contributed by atoms with van der Waals surface area (Å²) in [7, 11) is -4.03. The fourth-order valence-corrected chi connectivity index (χ4v) is 4.57. The molecule has 0 unspecified atom stereocenters. The number of sulfonamides is 1. The summed E-state index contributed by atoms with van der Waals surface area (Å²) in [6.07, 6.45) is 0. The first-order chi connectivity index (χ1) is 15.1. The number of nitrogens with one attached hydrogen (secondary N) is 1. The fraction of sp³-hybridized carbons (Fsp3) is 0.167. The zero-order valence-electron chi connectivity index (χ0n) is 18.1. The average molecular weight is 452 g/mol. The molecule has 7 nitrogen and oxygen atoms in total. The van der Waals surface area contributed by atoms with Gasteiger partial charge in [-0.25, -0.2) is 8.42 Å². The van der Waals surface area contributed by atoms with Gasteiger partial charge in [-0.2, -0.15) is 0 Å².